The van der Waals surface area contributed by atoms with Gasteiger partial charge in [-0.3, -0.25) is 4.79 Å². The maximum atomic E-state index is 11.3. The van der Waals surface area contributed by atoms with Crippen molar-refractivity contribution in [1.82, 2.24) is 4.90 Å². The Kier molecular flexibility index (Phi) is 25.4. The second-order valence-electron chi connectivity index (χ2n) is 5.27. The van der Waals surface area contributed by atoms with Gasteiger partial charge in [0.15, 0.2) is 0 Å². The third kappa shape index (κ3) is 15.5. The number of carbonyl (C=O) groups is 1. The van der Waals surface area contributed by atoms with Gasteiger partial charge >= 0.3 is 0 Å². The van der Waals surface area contributed by atoms with Gasteiger partial charge in [-0.25, -0.2) is 0 Å². The van der Waals surface area contributed by atoms with Crippen LogP contribution in [0.4, 0.5) is 0 Å². The zero-order valence-corrected chi connectivity index (χ0v) is 15.6. The lowest BCUT2D eigenvalue weighted by Crippen LogP contribution is -2.34. The highest BCUT2D eigenvalue weighted by atomic mass is 16.2. The van der Waals surface area contributed by atoms with E-state index in [-0.39, 0.29) is 0 Å². The van der Waals surface area contributed by atoms with Crippen molar-refractivity contribution in [3.05, 3.63) is 0 Å². The SMILES string of the molecule is CCC.CCC.CCC.CCC(=O)N1CCCC1CC. The Hall–Kier alpha value is -0.530. The smallest absolute Gasteiger partial charge is 0.222 e. The monoisotopic (exact) mass is 287 g/mol. The molecule has 1 rings (SSSR count). The third-order valence-corrected chi connectivity index (χ3v) is 2.47. The minimum Gasteiger partial charge on any atom is -0.340 e. The molecule has 2 nitrogen and oxygen atoms in total. The van der Waals surface area contributed by atoms with Crippen LogP contribution in [0, 0.1) is 0 Å². The Morgan fingerprint density at radius 2 is 1.30 bits per heavy atom. The summed E-state index contributed by atoms with van der Waals surface area (Å²) in [6, 6.07) is 0.544. The molecule has 0 aromatic carbocycles. The first-order valence-corrected chi connectivity index (χ1v) is 8.83. The van der Waals surface area contributed by atoms with Crippen LogP contribution in [0.15, 0.2) is 0 Å². The normalized spacial score (nSPS) is 16.0. The molecule has 0 bridgehead atoms. The number of nitrogens with zero attached hydrogens (tertiary/aromatic N) is 1. The number of likely N-dealkylation sites (tertiary alicyclic amines) is 1. The first kappa shape index (κ1) is 24.5. The summed E-state index contributed by atoms with van der Waals surface area (Å²) in [5.74, 6) is 0.328. The van der Waals surface area contributed by atoms with E-state index < -0.39 is 0 Å². The molecule has 1 saturated heterocycles. The first-order chi connectivity index (χ1) is 9.53. The standard InChI is InChI=1S/C9H17NO.3C3H8/c1-3-8-6-5-7-10(8)9(11)4-2;3*1-3-2/h8H,3-7H2,1-2H3;3*3H2,1-2H3. The van der Waals surface area contributed by atoms with Crippen LogP contribution in [0.3, 0.4) is 0 Å². The highest BCUT2D eigenvalue weighted by molar-refractivity contribution is 5.76. The average Bonchev–Trinajstić information content (AvgIpc) is 2.89. The molecule has 2 heteroatoms. The number of hydrogen-bond acceptors (Lipinski definition) is 1. The molecule has 1 fully saturated rings. The van der Waals surface area contributed by atoms with Gasteiger partial charge in [0.1, 0.15) is 0 Å². The van der Waals surface area contributed by atoms with E-state index in [0.29, 0.717) is 18.4 Å². The summed E-state index contributed by atoms with van der Waals surface area (Å²) < 4.78 is 0. The molecule has 20 heavy (non-hydrogen) atoms. The average molecular weight is 288 g/mol. The molecule has 1 atom stereocenters. The second-order valence-corrected chi connectivity index (χ2v) is 5.27. The fraction of sp³-hybridized carbons (Fsp3) is 0.944. The van der Waals surface area contributed by atoms with Crippen LogP contribution in [0.2, 0.25) is 0 Å². The minimum atomic E-state index is 0.328. The molecule has 0 saturated carbocycles. The van der Waals surface area contributed by atoms with Crippen molar-refractivity contribution >= 4 is 5.91 Å². The molecular formula is C18H41NO. The van der Waals surface area contributed by atoms with Crippen LogP contribution < -0.4 is 0 Å². The first-order valence-electron chi connectivity index (χ1n) is 8.83. The van der Waals surface area contributed by atoms with Gasteiger partial charge in [-0.05, 0) is 19.3 Å². The quantitative estimate of drug-likeness (QED) is 0.605. The Morgan fingerprint density at radius 3 is 1.60 bits per heavy atom. The van der Waals surface area contributed by atoms with Crippen molar-refractivity contribution in [2.24, 2.45) is 0 Å². The number of rotatable bonds is 2. The summed E-state index contributed by atoms with van der Waals surface area (Å²) in [7, 11) is 0. The Balaban J connectivity index is -0.000000268. The van der Waals surface area contributed by atoms with Crippen molar-refractivity contribution in [2.45, 2.75) is 106 Å². The molecule has 1 heterocycles. The molecule has 0 radical (unpaired) electrons. The summed E-state index contributed by atoms with van der Waals surface area (Å²) in [5.41, 5.74) is 0. The van der Waals surface area contributed by atoms with Crippen molar-refractivity contribution in [1.29, 1.82) is 0 Å². The largest absolute Gasteiger partial charge is 0.340 e. The maximum Gasteiger partial charge on any atom is 0.222 e. The lowest BCUT2D eigenvalue weighted by Gasteiger charge is -2.22. The number of amides is 1. The molecule has 0 aromatic heterocycles. The predicted molar refractivity (Wildman–Crippen MR) is 93.2 cm³/mol. The van der Waals surface area contributed by atoms with E-state index in [1.54, 1.807) is 0 Å². The molecule has 124 valence electrons. The van der Waals surface area contributed by atoms with E-state index in [1.165, 1.54) is 32.1 Å². The molecule has 1 amide bonds. The van der Waals surface area contributed by atoms with Crippen LogP contribution in [-0.4, -0.2) is 23.4 Å². The molecule has 0 spiro atoms. The van der Waals surface area contributed by atoms with Gasteiger partial charge in [-0.1, -0.05) is 74.7 Å². The Labute approximate surface area is 129 Å². The van der Waals surface area contributed by atoms with E-state index in [2.05, 4.69) is 48.5 Å². The zero-order chi connectivity index (χ0) is 16.4. The van der Waals surface area contributed by atoms with Gasteiger partial charge in [0.05, 0.1) is 0 Å². The Morgan fingerprint density at radius 1 is 0.900 bits per heavy atom. The molecule has 1 aliphatic heterocycles. The molecule has 0 aliphatic carbocycles. The van der Waals surface area contributed by atoms with E-state index in [4.69, 9.17) is 0 Å². The topological polar surface area (TPSA) is 20.3 Å². The number of carbonyl (C=O) groups excluding carboxylic acids is 1. The fourth-order valence-electron chi connectivity index (χ4n) is 1.79. The minimum absolute atomic E-state index is 0.328. The van der Waals surface area contributed by atoms with Gasteiger partial charge in [0.2, 0.25) is 5.91 Å². The summed E-state index contributed by atoms with van der Waals surface area (Å²) in [4.78, 5) is 13.4. The molecular weight excluding hydrogens is 246 g/mol. The van der Waals surface area contributed by atoms with E-state index in [1.807, 2.05) is 11.8 Å². The van der Waals surface area contributed by atoms with Gasteiger partial charge in [-0.15, -0.1) is 0 Å². The second kappa shape index (κ2) is 20.8. The van der Waals surface area contributed by atoms with Crippen molar-refractivity contribution in [3.63, 3.8) is 0 Å². The third-order valence-electron chi connectivity index (χ3n) is 2.47. The van der Waals surface area contributed by atoms with E-state index in [0.717, 1.165) is 13.0 Å². The lowest BCUT2D eigenvalue weighted by atomic mass is 10.2. The highest BCUT2D eigenvalue weighted by Crippen LogP contribution is 2.20. The van der Waals surface area contributed by atoms with Gasteiger partial charge in [0, 0.05) is 19.0 Å². The Bertz CT molecular complexity index is 176. The summed E-state index contributed by atoms with van der Waals surface area (Å²) >= 11 is 0. The fourth-order valence-corrected chi connectivity index (χ4v) is 1.79. The zero-order valence-electron chi connectivity index (χ0n) is 15.6. The molecule has 1 unspecified atom stereocenters. The van der Waals surface area contributed by atoms with Crippen molar-refractivity contribution < 1.29 is 4.79 Å². The lowest BCUT2D eigenvalue weighted by molar-refractivity contribution is -0.131. The molecule has 0 N–H and O–H groups in total. The van der Waals surface area contributed by atoms with Gasteiger partial charge < -0.3 is 4.90 Å². The highest BCUT2D eigenvalue weighted by Gasteiger charge is 2.25. The van der Waals surface area contributed by atoms with Gasteiger partial charge in [0.25, 0.3) is 0 Å². The van der Waals surface area contributed by atoms with Crippen LogP contribution in [0.25, 0.3) is 0 Å². The summed E-state index contributed by atoms with van der Waals surface area (Å²) in [5, 5.41) is 0. The van der Waals surface area contributed by atoms with E-state index in [9.17, 15) is 4.79 Å². The van der Waals surface area contributed by atoms with Crippen molar-refractivity contribution in [2.75, 3.05) is 6.54 Å². The summed E-state index contributed by atoms with van der Waals surface area (Å²) in [6.45, 7) is 17.8. The maximum absolute atomic E-state index is 11.3. The number of hydrogen-bond donors (Lipinski definition) is 0. The van der Waals surface area contributed by atoms with E-state index >= 15 is 0 Å². The van der Waals surface area contributed by atoms with Crippen molar-refractivity contribution in [3.8, 4) is 0 Å². The van der Waals surface area contributed by atoms with Crippen LogP contribution in [-0.2, 0) is 4.79 Å². The van der Waals surface area contributed by atoms with Crippen LogP contribution in [0.5, 0.6) is 0 Å². The van der Waals surface area contributed by atoms with Crippen LogP contribution >= 0.6 is 0 Å². The molecule has 0 aromatic rings. The van der Waals surface area contributed by atoms with Crippen LogP contribution in [0.1, 0.15) is 100 Å². The molecule has 1 aliphatic rings. The summed E-state index contributed by atoms with van der Waals surface area (Å²) in [6.07, 6.45) is 7.94. The predicted octanol–water partition coefficient (Wildman–Crippen LogP) is 6.05. The van der Waals surface area contributed by atoms with Gasteiger partial charge in [-0.2, -0.15) is 0 Å².